The molecule has 0 bridgehead atoms. The maximum atomic E-state index is 13.1. The summed E-state index contributed by atoms with van der Waals surface area (Å²) in [6, 6.07) is 9.06. The van der Waals surface area contributed by atoms with Crippen LogP contribution in [0.15, 0.2) is 40.8 Å². The topological polar surface area (TPSA) is 139 Å². The molecule has 0 radical (unpaired) electrons. The zero-order valence-electron chi connectivity index (χ0n) is 31.8. The van der Waals surface area contributed by atoms with Gasteiger partial charge in [-0.1, -0.05) is 85.2 Å². The maximum Gasteiger partial charge on any atom is 0.303 e. The lowest BCUT2D eigenvalue weighted by atomic mass is 9.92. The molecule has 49 heavy (non-hydrogen) atoms. The Hall–Kier alpha value is -3.64. The Labute approximate surface area is 298 Å². The van der Waals surface area contributed by atoms with Gasteiger partial charge in [-0.05, 0) is 31.2 Å². The van der Waals surface area contributed by atoms with Gasteiger partial charge >= 0.3 is 5.97 Å². The van der Waals surface area contributed by atoms with E-state index in [0.717, 1.165) is 31.1 Å². The molecule has 0 fully saturated rings. The van der Waals surface area contributed by atoms with E-state index in [1.807, 2.05) is 78.8 Å². The molecule has 0 saturated heterocycles. The van der Waals surface area contributed by atoms with Crippen LogP contribution >= 0.6 is 11.3 Å². The van der Waals surface area contributed by atoms with E-state index < -0.39 is 12.1 Å². The second kappa shape index (κ2) is 24.5. The van der Waals surface area contributed by atoms with Crippen molar-refractivity contribution < 1.29 is 28.7 Å². The normalized spacial score (nSPS) is 13.0. The minimum absolute atomic E-state index is 0.0674. The van der Waals surface area contributed by atoms with Crippen molar-refractivity contribution in [1.82, 2.24) is 20.6 Å². The number of hydrazone groups is 1. The number of unbranched alkanes of at least 4 members (excludes halogenated alkanes) is 1. The predicted octanol–water partition coefficient (Wildman–Crippen LogP) is 6.83. The van der Waals surface area contributed by atoms with Crippen molar-refractivity contribution in [2.45, 2.75) is 113 Å². The highest BCUT2D eigenvalue weighted by molar-refractivity contribution is 7.09. The molecule has 11 nitrogen and oxygen atoms in total. The molecule has 0 aliphatic heterocycles. The number of hydrogen-bond acceptors (Lipinski definition) is 10. The van der Waals surface area contributed by atoms with Gasteiger partial charge in [-0.25, -0.2) is 4.98 Å². The number of ether oxygens (including phenoxy) is 2. The number of thiazole rings is 1. The van der Waals surface area contributed by atoms with Crippen molar-refractivity contribution in [3.8, 4) is 0 Å². The van der Waals surface area contributed by atoms with Crippen LogP contribution in [0.5, 0.6) is 0 Å². The monoisotopic (exact) mass is 703 g/mol. The Morgan fingerprint density at radius 2 is 1.76 bits per heavy atom. The van der Waals surface area contributed by atoms with Crippen LogP contribution in [0.1, 0.15) is 122 Å². The summed E-state index contributed by atoms with van der Waals surface area (Å²) in [6.07, 6.45) is 3.74. The first-order valence-corrected chi connectivity index (χ1v) is 18.0. The number of rotatable bonds is 18. The predicted molar refractivity (Wildman–Crippen MR) is 199 cm³/mol. The highest BCUT2D eigenvalue weighted by Gasteiger charge is 2.31. The molecule has 1 aromatic heterocycles. The van der Waals surface area contributed by atoms with Gasteiger partial charge in [-0.2, -0.15) is 5.10 Å². The van der Waals surface area contributed by atoms with Gasteiger partial charge in [0.15, 0.2) is 6.10 Å². The van der Waals surface area contributed by atoms with Gasteiger partial charge in [0.05, 0.1) is 11.8 Å². The van der Waals surface area contributed by atoms with Crippen molar-refractivity contribution >= 4 is 41.1 Å². The first kappa shape index (κ1) is 45.4. The fourth-order valence-corrected chi connectivity index (χ4v) is 5.47. The maximum absolute atomic E-state index is 13.1. The average molecular weight is 704 g/mol. The summed E-state index contributed by atoms with van der Waals surface area (Å²) < 4.78 is 10.5. The molecule has 2 amide bonds. The number of amides is 2. The number of esters is 1. The minimum Gasteiger partial charge on any atom is -0.455 e. The molecule has 2 aromatic rings. The van der Waals surface area contributed by atoms with E-state index in [0.29, 0.717) is 30.2 Å². The number of nitrogens with zero attached hydrogens (tertiary/aromatic N) is 3. The summed E-state index contributed by atoms with van der Waals surface area (Å²) in [5.41, 5.74) is 4.40. The van der Waals surface area contributed by atoms with Crippen LogP contribution in [0.3, 0.4) is 0 Å². The number of hydrogen-bond donors (Lipinski definition) is 2. The van der Waals surface area contributed by atoms with E-state index in [1.54, 1.807) is 31.5 Å². The second-order valence-electron chi connectivity index (χ2n) is 12.5. The molecule has 1 aromatic carbocycles. The smallest absolute Gasteiger partial charge is 0.303 e. The SMILES string of the molecule is CC.CCCCC(=O)N(C)C(C[C@@H](OC(C)=O)c1nc(C(=O)N[C@H](C)C(=NNC)c2ccccc2)cs1)C(C)C.COCCC(C)(C)C=O. The molecular weight excluding hydrogens is 643 g/mol. The first-order valence-electron chi connectivity index (χ1n) is 17.1. The molecule has 0 aliphatic rings. The summed E-state index contributed by atoms with van der Waals surface area (Å²) >= 11 is 1.26. The second-order valence-corrected chi connectivity index (χ2v) is 13.3. The Bertz CT molecular complexity index is 1280. The zero-order chi connectivity index (χ0) is 37.6. The van der Waals surface area contributed by atoms with E-state index >= 15 is 0 Å². The summed E-state index contributed by atoms with van der Waals surface area (Å²) in [4.78, 5) is 54.3. The molecule has 0 saturated carbocycles. The van der Waals surface area contributed by atoms with E-state index in [4.69, 9.17) is 9.47 Å². The Morgan fingerprint density at radius 1 is 1.12 bits per heavy atom. The molecule has 1 unspecified atom stereocenters. The van der Waals surface area contributed by atoms with Gasteiger partial charge in [0.2, 0.25) is 5.91 Å². The Morgan fingerprint density at radius 3 is 2.27 bits per heavy atom. The summed E-state index contributed by atoms with van der Waals surface area (Å²) in [5, 5.41) is 9.49. The fraction of sp³-hybridized carbons (Fsp3) is 0.622. The summed E-state index contributed by atoms with van der Waals surface area (Å²) in [7, 11) is 5.14. The number of aromatic nitrogens is 1. The Balaban J connectivity index is 0.00000181. The lowest BCUT2D eigenvalue weighted by Gasteiger charge is -2.33. The fourth-order valence-electron chi connectivity index (χ4n) is 4.63. The molecule has 1 heterocycles. The van der Waals surface area contributed by atoms with E-state index in [1.165, 1.54) is 18.3 Å². The highest BCUT2D eigenvalue weighted by Crippen LogP contribution is 2.30. The van der Waals surface area contributed by atoms with Gasteiger partial charge in [-0.15, -0.1) is 11.3 Å². The van der Waals surface area contributed by atoms with Gasteiger partial charge in [0.25, 0.3) is 5.91 Å². The van der Waals surface area contributed by atoms with E-state index in [-0.39, 0.29) is 40.9 Å². The number of benzene rings is 1. The molecule has 0 aliphatic carbocycles. The molecule has 276 valence electrons. The van der Waals surface area contributed by atoms with Crippen molar-refractivity contribution in [2.24, 2.45) is 16.4 Å². The van der Waals surface area contributed by atoms with Gasteiger partial charge < -0.3 is 29.9 Å². The van der Waals surface area contributed by atoms with Gasteiger partial charge in [-0.3, -0.25) is 14.4 Å². The highest BCUT2D eigenvalue weighted by atomic mass is 32.1. The van der Waals surface area contributed by atoms with Crippen molar-refractivity contribution in [1.29, 1.82) is 0 Å². The van der Waals surface area contributed by atoms with Crippen LogP contribution in [-0.2, 0) is 23.9 Å². The lowest BCUT2D eigenvalue weighted by molar-refractivity contribution is -0.148. The first-order chi connectivity index (χ1) is 23.2. The standard InChI is InChI=1S/C28H41N5O4S.C7H14O2.C2H6/c1-8-9-15-25(35)33(7)23(18(2)3)16-24(37-20(5)34)28-31-22(17-38-28)27(36)30-19(4)26(32-29-6)21-13-11-10-12-14-21;1-7(2,6-8)4-5-9-3;1-2/h10-14,17-19,23-24,29H,8-9,15-16H2,1-7H3,(H,30,36);6H,4-5H2,1-3H3;1-2H3/t19-,23?,24-;;/m1../s1. The number of methoxy groups -OCH3 is 1. The molecule has 0 spiro atoms. The van der Waals surface area contributed by atoms with Crippen LogP contribution in [0.2, 0.25) is 0 Å². The molecule has 12 heteroatoms. The lowest BCUT2D eigenvalue weighted by Crippen LogP contribution is -2.41. The number of carbonyl (C=O) groups is 4. The average Bonchev–Trinajstić information content (AvgIpc) is 3.58. The van der Waals surface area contributed by atoms with E-state index in [9.17, 15) is 19.2 Å². The number of aldehydes is 1. The largest absolute Gasteiger partial charge is 0.455 e. The van der Waals surface area contributed by atoms with Gasteiger partial charge in [0.1, 0.15) is 17.0 Å². The third-order valence-electron chi connectivity index (χ3n) is 7.53. The third-order valence-corrected chi connectivity index (χ3v) is 8.46. The van der Waals surface area contributed by atoms with Gasteiger partial charge in [0, 0.05) is 64.4 Å². The Kier molecular flexibility index (Phi) is 22.7. The van der Waals surface area contributed by atoms with Crippen LogP contribution < -0.4 is 10.7 Å². The number of nitrogens with one attached hydrogen (secondary N) is 2. The van der Waals surface area contributed by atoms with E-state index in [2.05, 4.69) is 27.8 Å². The van der Waals surface area contributed by atoms with Crippen LogP contribution in [0.4, 0.5) is 0 Å². The van der Waals surface area contributed by atoms with Crippen molar-refractivity contribution in [2.75, 3.05) is 27.8 Å². The minimum atomic E-state index is -0.670. The van der Waals surface area contributed by atoms with Crippen LogP contribution in [-0.4, -0.2) is 79.6 Å². The van der Waals surface area contributed by atoms with Crippen molar-refractivity contribution in [3.05, 3.63) is 52.0 Å². The third kappa shape index (κ3) is 17.0. The molecule has 2 rings (SSSR count). The summed E-state index contributed by atoms with van der Waals surface area (Å²) in [6.45, 7) is 17.8. The number of carbonyl (C=O) groups excluding carboxylic acids is 4. The van der Waals surface area contributed by atoms with Crippen LogP contribution in [0, 0.1) is 11.3 Å². The zero-order valence-corrected chi connectivity index (χ0v) is 32.6. The summed E-state index contributed by atoms with van der Waals surface area (Å²) in [5.74, 6) is -0.593. The van der Waals surface area contributed by atoms with Crippen molar-refractivity contribution in [3.63, 3.8) is 0 Å². The molecular formula is C37H61N5O6S. The quantitative estimate of drug-likeness (QED) is 0.0746. The molecule has 2 N–H and O–H groups in total. The van der Waals surface area contributed by atoms with Crippen LogP contribution in [0.25, 0.3) is 0 Å². The molecule has 3 atom stereocenters.